The van der Waals surface area contributed by atoms with Gasteiger partial charge in [0.2, 0.25) is 5.91 Å². The number of aryl methyl sites for hydroxylation is 1. The van der Waals surface area contributed by atoms with Crippen LogP contribution in [0.1, 0.15) is 12.0 Å². The van der Waals surface area contributed by atoms with Crippen LogP contribution in [0.2, 0.25) is 5.02 Å². The molecular weight excluding hydrogens is 345 g/mol. The van der Waals surface area contributed by atoms with Crippen LogP contribution in [0, 0.1) is 5.82 Å². The highest BCUT2D eigenvalue weighted by molar-refractivity contribution is 9.10. The average Bonchev–Trinajstić information content (AvgIpc) is 2.42. The van der Waals surface area contributed by atoms with E-state index in [1.54, 1.807) is 0 Å². The number of nitrogens with one attached hydrogen (secondary N) is 1. The zero-order valence-electron chi connectivity index (χ0n) is 10.5. The molecule has 2 aromatic rings. The molecular formula is C15H12BrClFNO. The predicted molar refractivity (Wildman–Crippen MR) is 82.5 cm³/mol. The van der Waals surface area contributed by atoms with Crippen molar-refractivity contribution in [3.8, 4) is 0 Å². The summed E-state index contributed by atoms with van der Waals surface area (Å²) < 4.78 is 13.5. The first kappa shape index (κ1) is 15.0. The van der Waals surface area contributed by atoms with Crippen LogP contribution in [0.3, 0.4) is 0 Å². The van der Waals surface area contributed by atoms with Crippen molar-refractivity contribution in [1.29, 1.82) is 0 Å². The lowest BCUT2D eigenvalue weighted by Crippen LogP contribution is -2.13. The number of anilines is 1. The Morgan fingerprint density at radius 1 is 1.25 bits per heavy atom. The maximum absolute atomic E-state index is 13.1. The van der Waals surface area contributed by atoms with E-state index in [2.05, 4.69) is 21.2 Å². The Morgan fingerprint density at radius 3 is 2.60 bits per heavy atom. The minimum absolute atomic E-state index is 0.164. The van der Waals surface area contributed by atoms with Gasteiger partial charge in [0.1, 0.15) is 5.82 Å². The first-order chi connectivity index (χ1) is 9.56. The number of rotatable bonds is 4. The number of halogens is 3. The Balaban J connectivity index is 1.98. The molecule has 2 rings (SSSR count). The van der Waals surface area contributed by atoms with Crippen molar-refractivity contribution < 1.29 is 9.18 Å². The molecule has 0 aliphatic carbocycles. The molecule has 0 aromatic heterocycles. The fraction of sp³-hybridized carbons (Fsp3) is 0.133. The minimum Gasteiger partial charge on any atom is -0.324 e. The maximum Gasteiger partial charge on any atom is 0.224 e. The topological polar surface area (TPSA) is 29.1 Å². The van der Waals surface area contributed by atoms with Crippen molar-refractivity contribution in [3.63, 3.8) is 0 Å². The number of hydrogen-bond donors (Lipinski definition) is 1. The van der Waals surface area contributed by atoms with Gasteiger partial charge in [0.05, 0.1) is 10.7 Å². The van der Waals surface area contributed by atoms with Gasteiger partial charge in [0.15, 0.2) is 0 Å². The van der Waals surface area contributed by atoms with Crippen molar-refractivity contribution in [1.82, 2.24) is 0 Å². The van der Waals surface area contributed by atoms with Crippen LogP contribution in [0.15, 0.2) is 46.9 Å². The monoisotopic (exact) mass is 355 g/mol. The minimum atomic E-state index is -0.454. The van der Waals surface area contributed by atoms with Gasteiger partial charge in [-0.05, 0) is 40.0 Å². The summed E-state index contributed by atoms with van der Waals surface area (Å²) in [6, 6.07) is 12.2. The van der Waals surface area contributed by atoms with Crippen LogP contribution in [-0.2, 0) is 11.2 Å². The van der Waals surface area contributed by atoms with Gasteiger partial charge >= 0.3 is 0 Å². The molecule has 2 aromatic carbocycles. The van der Waals surface area contributed by atoms with E-state index in [4.69, 9.17) is 11.6 Å². The third-order valence-electron chi connectivity index (χ3n) is 2.75. The van der Waals surface area contributed by atoms with Crippen molar-refractivity contribution in [2.24, 2.45) is 0 Å². The standard InChI is InChI=1S/C15H12BrClFNO/c16-12-8-11(18)9-13(17)15(12)19-14(20)7-6-10-4-2-1-3-5-10/h1-5,8-9H,6-7H2,(H,19,20). The molecule has 5 heteroatoms. The number of benzene rings is 2. The summed E-state index contributed by atoms with van der Waals surface area (Å²) in [4.78, 5) is 11.9. The lowest BCUT2D eigenvalue weighted by atomic mass is 10.1. The number of hydrogen-bond acceptors (Lipinski definition) is 1. The molecule has 1 N–H and O–H groups in total. The lowest BCUT2D eigenvalue weighted by molar-refractivity contribution is -0.116. The van der Waals surface area contributed by atoms with Gasteiger partial charge in [0.25, 0.3) is 0 Å². The average molecular weight is 357 g/mol. The number of carbonyl (C=O) groups excluding carboxylic acids is 1. The summed E-state index contributed by atoms with van der Waals surface area (Å²) in [6.07, 6.45) is 0.979. The fourth-order valence-electron chi connectivity index (χ4n) is 1.77. The summed E-state index contributed by atoms with van der Waals surface area (Å²) in [7, 11) is 0. The summed E-state index contributed by atoms with van der Waals surface area (Å²) in [5.74, 6) is -0.618. The highest BCUT2D eigenvalue weighted by Gasteiger charge is 2.11. The number of carbonyl (C=O) groups is 1. The summed E-state index contributed by atoms with van der Waals surface area (Å²) in [6.45, 7) is 0. The van der Waals surface area contributed by atoms with Crippen LogP contribution in [0.25, 0.3) is 0 Å². The molecule has 0 aliphatic heterocycles. The van der Waals surface area contributed by atoms with Gasteiger partial charge in [-0.15, -0.1) is 0 Å². The molecule has 0 atom stereocenters. The largest absolute Gasteiger partial charge is 0.324 e. The molecule has 0 saturated heterocycles. The van der Waals surface area contributed by atoms with Crippen LogP contribution >= 0.6 is 27.5 Å². The molecule has 0 fully saturated rings. The van der Waals surface area contributed by atoms with E-state index in [-0.39, 0.29) is 10.9 Å². The zero-order chi connectivity index (χ0) is 14.5. The van der Waals surface area contributed by atoms with Gasteiger partial charge in [-0.3, -0.25) is 4.79 Å². The van der Waals surface area contributed by atoms with Crippen LogP contribution in [-0.4, -0.2) is 5.91 Å². The maximum atomic E-state index is 13.1. The van der Waals surface area contributed by atoms with E-state index in [9.17, 15) is 9.18 Å². The molecule has 0 aliphatic rings. The van der Waals surface area contributed by atoms with Crippen molar-refractivity contribution >= 4 is 39.1 Å². The van der Waals surface area contributed by atoms with Gasteiger partial charge in [-0.25, -0.2) is 4.39 Å². The molecule has 0 unspecified atom stereocenters. The van der Waals surface area contributed by atoms with E-state index in [1.807, 2.05) is 30.3 Å². The summed E-state index contributed by atoms with van der Waals surface area (Å²) >= 11 is 9.09. The molecule has 2 nitrogen and oxygen atoms in total. The van der Waals surface area contributed by atoms with E-state index in [0.717, 1.165) is 5.56 Å². The Kier molecular flexibility index (Phi) is 5.15. The zero-order valence-corrected chi connectivity index (χ0v) is 12.8. The summed E-state index contributed by atoms with van der Waals surface area (Å²) in [5.41, 5.74) is 1.48. The second kappa shape index (κ2) is 6.86. The van der Waals surface area contributed by atoms with Gasteiger partial charge in [-0.2, -0.15) is 0 Å². The Bertz CT molecular complexity index is 596. The second-order valence-electron chi connectivity index (χ2n) is 4.28. The van der Waals surface area contributed by atoms with Crippen LogP contribution in [0.5, 0.6) is 0 Å². The van der Waals surface area contributed by atoms with Crippen molar-refractivity contribution in [3.05, 3.63) is 63.3 Å². The Morgan fingerprint density at radius 2 is 1.95 bits per heavy atom. The van der Waals surface area contributed by atoms with Gasteiger partial charge < -0.3 is 5.32 Å². The Hall–Kier alpha value is -1.39. The third kappa shape index (κ3) is 4.05. The SMILES string of the molecule is O=C(CCc1ccccc1)Nc1c(Cl)cc(F)cc1Br. The highest BCUT2D eigenvalue weighted by atomic mass is 79.9. The lowest BCUT2D eigenvalue weighted by Gasteiger charge is -2.09. The summed E-state index contributed by atoms with van der Waals surface area (Å²) in [5, 5.41) is 2.86. The first-order valence-electron chi connectivity index (χ1n) is 6.04. The van der Waals surface area contributed by atoms with Crippen molar-refractivity contribution in [2.75, 3.05) is 5.32 Å². The normalized spacial score (nSPS) is 10.3. The second-order valence-corrected chi connectivity index (χ2v) is 5.54. The molecule has 0 spiro atoms. The molecule has 20 heavy (non-hydrogen) atoms. The third-order valence-corrected chi connectivity index (χ3v) is 3.68. The highest BCUT2D eigenvalue weighted by Crippen LogP contribution is 2.31. The molecule has 0 bridgehead atoms. The quantitative estimate of drug-likeness (QED) is 0.836. The smallest absolute Gasteiger partial charge is 0.224 e. The van der Waals surface area contributed by atoms with Crippen molar-refractivity contribution in [2.45, 2.75) is 12.8 Å². The van der Waals surface area contributed by atoms with E-state index < -0.39 is 5.82 Å². The van der Waals surface area contributed by atoms with Crippen LogP contribution in [0.4, 0.5) is 10.1 Å². The fourth-order valence-corrected chi connectivity index (χ4v) is 2.66. The molecule has 1 amide bonds. The molecule has 0 heterocycles. The van der Waals surface area contributed by atoms with E-state index in [0.29, 0.717) is 23.0 Å². The van der Waals surface area contributed by atoms with Gasteiger partial charge in [-0.1, -0.05) is 41.9 Å². The predicted octanol–water partition coefficient (Wildman–Crippen LogP) is 4.81. The molecule has 104 valence electrons. The Labute approximate surface area is 130 Å². The first-order valence-corrected chi connectivity index (χ1v) is 7.21. The van der Waals surface area contributed by atoms with E-state index in [1.165, 1.54) is 12.1 Å². The number of amides is 1. The molecule has 0 saturated carbocycles. The van der Waals surface area contributed by atoms with Crippen LogP contribution < -0.4 is 5.32 Å². The molecule has 0 radical (unpaired) electrons. The van der Waals surface area contributed by atoms with Gasteiger partial charge in [0, 0.05) is 10.9 Å². The van der Waals surface area contributed by atoms with E-state index >= 15 is 0 Å².